The second-order valence-electron chi connectivity index (χ2n) is 5.77. The Kier molecular flexibility index (Phi) is 4.62. The Morgan fingerprint density at radius 3 is 2.69 bits per heavy atom. The van der Waals surface area contributed by atoms with Crippen LogP contribution in [0.15, 0.2) is 79.3 Å². The minimum absolute atomic E-state index is 0.184. The molecule has 1 amide bonds. The number of anilines is 1. The minimum Gasteiger partial charge on any atom is -0.322 e. The maximum Gasteiger partial charge on any atom is 0.257 e. The lowest BCUT2D eigenvalue weighted by Crippen LogP contribution is -2.12. The van der Waals surface area contributed by atoms with Gasteiger partial charge in [0, 0.05) is 38.8 Å². The molecule has 0 spiro atoms. The number of nitrogens with zero attached hydrogens (tertiary/aromatic N) is 2. The Hall–Kier alpha value is -2.80. The Morgan fingerprint density at radius 2 is 1.85 bits per heavy atom. The van der Waals surface area contributed by atoms with Gasteiger partial charge >= 0.3 is 0 Å². The van der Waals surface area contributed by atoms with E-state index in [9.17, 15) is 4.79 Å². The number of nitrogens with one attached hydrogen (secondary N) is 1. The van der Waals surface area contributed by atoms with Gasteiger partial charge in [-0.2, -0.15) is 0 Å². The molecule has 2 aromatic carbocycles. The van der Waals surface area contributed by atoms with Crippen molar-refractivity contribution in [2.75, 3.05) is 5.32 Å². The van der Waals surface area contributed by atoms with E-state index < -0.39 is 0 Å². The molecule has 26 heavy (non-hydrogen) atoms. The molecule has 0 atom stereocenters. The summed E-state index contributed by atoms with van der Waals surface area (Å²) in [6.45, 7) is 0. The fourth-order valence-electron chi connectivity index (χ4n) is 2.82. The summed E-state index contributed by atoms with van der Waals surface area (Å²) < 4.78 is 1.07. The van der Waals surface area contributed by atoms with Gasteiger partial charge in [0.25, 0.3) is 5.91 Å². The summed E-state index contributed by atoms with van der Waals surface area (Å²) in [4.78, 5) is 21.0. The van der Waals surface area contributed by atoms with Crippen LogP contribution in [-0.2, 0) is 0 Å². The Balaban J connectivity index is 1.74. The SMILES string of the molecule is O=C(Nc1ccc(I)c(-c2nccc3ccccc23)c1)c1cccnc1. The van der Waals surface area contributed by atoms with Crippen molar-refractivity contribution in [2.24, 2.45) is 0 Å². The average Bonchev–Trinajstić information content (AvgIpc) is 2.70. The maximum absolute atomic E-state index is 12.4. The summed E-state index contributed by atoms with van der Waals surface area (Å²) in [6, 6.07) is 19.5. The third-order valence-corrected chi connectivity index (χ3v) is 5.02. The highest BCUT2D eigenvalue weighted by Crippen LogP contribution is 2.32. The lowest BCUT2D eigenvalue weighted by molar-refractivity contribution is 0.102. The van der Waals surface area contributed by atoms with Crippen LogP contribution in [0.25, 0.3) is 22.0 Å². The summed E-state index contributed by atoms with van der Waals surface area (Å²) in [7, 11) is 0. The van der Waals surface area contributed by atoms with Gasteiger partial charge in [0.2, 0.25) is 0 Å². The van der Waals surface area contributed by atoms with E-state index in [2.05, 4.69) is 50.0 Å². The average molecular weight is 451 g/mol. The van der Waals surface area contributed by atoms with Crippen LogP contribution in [0.5, 0.6) is 0 Å². The molecule has 4 nitrogen and oxygen atoms in total. The van der Waals surface area contributed by atoms with Crippen LogP contribution in [0.4, 0.5) is 5.69 Å². The summed E-state index contributed by atoms with van der Waals surface area (Å²) in [5.41, 5.74) is 3.15. The van der Waals surface area contributed by atoms with Crippen molar-refractivity contribution in [3.05, 3.63) is 88.4 Å². The zero-order valence-corrected chi connectivity index (χ0v) is 15.8. The number of fused-ring (bicyclic) bond motifs is 1. The van der Waals surface area contributed by atoms with Crippen LogP contribution in [0.1, 0.15) is 10.4 Å². The molecule has 0 fully saturated rings. The number of rotatable bonds is 3. The molecule has 0 radical (unpaired) electrons. The van der Waals surface area contributed by atoms with Gasteiger partial charge in [-0.05, 0) is 64.4 Å². The van der Waals surface area contributed by atoms with Crippen molar-refractivity contribution in [1.82, 2.24) is 9.97 Å². The van der Waals surface area contributed by atoms with Crippen molar-refractivity contribution in [1.29, 1.82) is 0 Å². The van der Waals surface area contributed by atoms with Crippen LogP contribution in [-0.4, -0.2) is 15.9 Å². The van der Waals surface area contributed by atoms with E-state index in [1.165, 1.54) is 0 Å². The van der Waals surface area contributed by atoms with E-state index in [4.69, 9.17) is 0 Å². The molecule has 0 saturated carbocycles. The summed E-state index contributed by atoms with van der Waals surface area (Å²) in [5.74, 6) is -0.184. The second-order valence-corrected chi connectivity index (χ2v) is 6.93. The lowest BCUT2D eigenvalue weighted by atomic mass is 10.0. The van der Waals surface area contributed by atoms with Crippen LogP contribution >= 0.6 is 22.6 Å². The molecule has 0 aliphatic rings. The quantitative estimate of drug-likeness (QED) is 0.439. The first-order chi connectivity index (χ1) is 12.7. The van der Waals surface area contributed by atoms with Crippen molar-refractivity contribution >= 4 is 45.0 Å². The number of pyridine rings is 2. The van der Waals surface area contributed by atoms with E-state index in [0.717, 1.165) is 31.3 Å². The van der Waals surface area contributed by atoms with Gasteiger partial charge in [0.05, 0.1) is 11.3 Å². The van der Waals surface area contributed by atoms with Crippen LogP contribution in [0.3, 0.4) is 0 Å². The molecule has 126 valence electrons. The lowest BCUT2D eigenvalue weighted by Gasteiger charge is -2.11. The van der Waals surface area contributed by atoms with Gasteiger partial charge in [-0.3, -0.25) is 14.8 Å². The highest BCUT2D eigenvalue weighted by Gasteiger charge is 2.12. The first-order valence-corrected chi connectivity index (χ1v) is 9.15. The van der Waals surface area contributed by atoms with Gasteiger partial charge in [0.15, 0.2) is 0 Å². The summed E-state index contributed by atoms with van der Waals surface area (Å²) in [6.07, 6.45) is 5.01. The van der Waals surface area contributed by atoms with Crippen molar-refractivity contribution in [2.45, 2.75) is 0 Å². The number of carbonyl (C=O) groups excluding carboxylic acids is 1. The molecule has 2 heterocycles. The number of benzene rings is 2. The van der Waals surface area contributed by atoms with E-state index >= 15 is 0 Å². The molecule has 0 aliphatic heterocycles. The summed E-state index contributed by atoms with van der Waals surface area (Å²) >= 11 is 2.30. The molecule has 0 aliphatic carbocycles. The van der Waals surface area contributed by atoms with Crippen LogP contribution in [0.2, 0.25) is 0 Å². The topological polar surface area (TPSA) is 54.9 Å². The predicted molar refractivity (Wildman–Crippen MR) is 112 cm³/mol. The molecule has 1 N–H and O–H groups in total. The third-order valence-electron chi connectivity index (χ3n) is 4.08. The van der Waals surface area contributed by atoms with E-state index in [0.29, 0.717) is 5.56 Å². The normalized spacial score (nSPS) is 10.7. The third kappa shape index (κ3) is 3.30. The Labute approximate surface area is 164 Å². The highest BCUT2D eigenvalue weighted by atomic mass is 127. The molecule has 0 bridgehead atoms. The Morgan fingerprint density at radius 1 is 0.962 bits per heavy atom. The number of hydrogen-bond acceptors (Lipinski definition) is 3. The molecule has 2 aromatic heterocycles. The second kappa shape index (κ2) is 7.21. The van der Waals surface area contributed by atoms with Crippen molar-refractivity contribution in [3.63, 3.8) is 0 Å². The summed E-state index contributed by atoms with van der Waals surface area (Å²) in [5, 5.41) is 5.16. The van der Waals surface area contributed by atoms with Gasteiger partial charge in [-0.1, -0.05) is 24.3 Å². The number of carbonyl (C=O) groups is 1. The van der Waals surface area contributed by atoms with Crippen LogP contribution < -0.4 is 5.32 Å². The van der Waals surface area contributed by atoms with Crippen molar-refractivity contribution < 1.29 is 4.79 Å². The van der Waals surface area contributed by atoms with Gasteiger partial charge in [-0.15, -0.1) is 0 Å². The van der Waals surface area contributed by atoms with Gasteiger partial charge in [-0.25, -0.2) is 0 Å². The van der Waals surface area contributed by atoms with Crippen molar-refractivity contribution in [3.8, 4) is 11.3 Å². The first-order valence-electron chi connectivity index (χ1n) is 8.07. The molecule has 0 unspecified atom stereocenters. The zero-order chi connectivity index (χ0) is 17.9. The molecule has 0 saturated heterocycles. The molecule has 4 rings (SSSR count). The first kappa shape index (κ1) is 16.7. The zero-order valence-electron chi connectivity index (χ0n) is 13.7. The van der Waals surface area contributed by atoms with Gasteiger partial charge < -0.3 is 5.32 Å². The van der Waals surface area contributed by atoms with Crippen LogP contribution in [0, 0.1) is 3.57 Å². The van der Waals surface area contributed by atoms with E-state index in [-0.39, 0.29) is 5.91 Å². The van der Waals surface area contributed by atoms with E-state index in [1.54, 1.807) is 24.5 Å². The maximum atomic E-state index is 12.4. The highest BCUT2D eigenvalue weighted by molar-refractivity contribution is 14.1. The number of amides is 1. The molecular weight excluding hydrogens is 437 g/mol. The minimum atomic E-state index is -0.184. The standard InChI is InChI=1S/C21H14IN3O/c22-19-8-7-16(25-21(26)15-5-3-10-23-13-15)12-18(19)20-17-6-2-1-4-14(17)9-11-24-20/h1-13H,(H,25,26). The smallest absolute Gasteiger partial charge is 0.257 e. The molecule has 4 aromatic rings. The molecular formula is C21H14IN3O. The fourth-order valence-corrected chi connectivity index (χ4v) is 3.41. The van der Waals surface area contributed by atoms with Gasteiger partial charge in [0.1, 0.15) is 0 Å². The fraction of sp³-hybridized carbons (Fsp3) is 0. The predicted octanol–water partition coefficient (Wildman–Crippen LogP) is 5.15. The molecule has 5 heteroatoms. The number of halogens is 1. The largest absolute Gasteiger partial charge is 0.322 e. The Bertz CT molecular complexity index is 1090. The monoisotopic (exact) mass is 451 g/mol. The van der Waals surface area contributed by atoms with E-state index in [1.807, 2.05) is 42.6 Å². The number of hydrogen-bond donors (Lipinski definition) is 1. The number of aromatic nitrogens is 2.